The predicted molar refractivity (Wildman–Crippen MR) is 86.7 cm³/mol. The van der Waals surface area contributed by atoms with Crippen LogP contribution in [0.15, 0.2) is 42.6 Å². The molecule has 1 aliphatic rings. The van der Waals surface area contributed by atoms with Gasteiger partial charge in [0.05, 0.1) is 0 Å². The number of carbonyl (C=O) groups excluding carboxylic acids is 1. The van der Waals surface area contributed by atoms with E-state index in [0.717, 1.165) is 17.9 Å². The van der Waals surface area contributed by atoms with Crippen molar-refractivity contribution in [1.82, 2.24) is 4.98 Å². The number of nitrogens with zero attached hydrogens (tertiary/aromatic N) is 1. The average molecular weight is 316 g/mol. The van der Waals surface area contributed by atoms with Crippen LogP contribution in [-0.4, -0.2) is 33.6 Å². The van der Waals surface area contributed by atoms with E-state index in [0.29, 0.717) is 17.1 Å². The van der Waals surface area contributed by atoms with Crippen molar-refractivity contribution < 1.29 is 14.6 Å². The number of phenolic OH excluding ortho intramolecular Hbond substituents is 1. The highest BCUT2D eigenvalue weighted by molar-refractivity contribution is 7.99. The van der Waals surface area contributed by atoms with Crippen LogP contribution in [0.5, 0.6) is 11.6 Å². The first-order chi connectivity index (χ1) is 10.7. The van der Waals surface area contributed by atoms with Gasteiger partial charge in [0.1, 0.15) is 11.9 Å². The van der Waals surface area contributed by atoms with Crippen LogP contribution >= 0.6 is 11.8 Å². The molecule has 0 aliphatic carbocycles. The molecular weight excluding hydrogens is 300 g/mol. The number of carbonyl (C=O) groups is 1. The summed E-state index contributed by atoms with van der Waals surface area (Å²) < 4.78 is 5.79. The normalized spacial score (nSPS) is 17.2. The number of aromatic nitrogens is 1. The third-order valence-corrected chi connectivity index (χ3v) is 4.43. The van der Waals surface area contributed by atoms with Crippen LogP contribution in [0.2, 0.25) is 0 Å². The monoisotopic (exact) mass is 316 g/mol. The molecule has 1 unspecified atom stereocenters. The van der Waals surface area contributed by atoms with E-state index in [1.54, 1.807) is 30.5 Å². The number of pyridine rings is 1. The smallest absolute Gasteiger partial charge is 0.255 e. The molecule has 0 radical (unpaired) electrons. The summed E-state index contributed by atoms with van der Waals surface area (Å²) in [6, 6.07) is 9.62. The van der Waals surface area contributed by atoms with Gasteiger partial charge in [-0.2, -0.15) is 11.8 Å². The number of rotatable bonds is 4. The third-order valence-electron chi connectivity index (χ3n) is 3.30. The maximum atomic E-state index is 12.2. The van der Waals surface area contributed by atoms with Crippen LogP contribution in [0.3, 0.4) is 0 Å². The molecule has 114 valence electrons. The number of nitrogens with one attached hydrogen (secondary N) is 1. The zero-order valence-electron chi connectivity index (χ0n) is 11.9. The first-order valence-corrected chi connectivity index (χ1v) is 8.17. The van der Waals surface area contributed by atoms with Crippen LogP contribution < -0.4 is 10.1 Å². The van der Waals surface area contributed by atoms with Gasteiger partial charge in [-0.1, -0.05) is 0 Å². The summed E-state index contributed by atoms with van der Waals surface area (Å²) in [5.41, 5.74) is 1.11. The van der Waals surface area contributed by atoms with Gasteiger partial charge in [-0.05, 0) is 42.5 Å². The second-order valence-electron chi connectivity index (χ2n) is 4.99. The molecule has 1 aliphatic heterocycles. The van der Waals surface area contributed by atoms with Crippen molar-refractivity contribution in [3.63, 3.8) is 0 Å². The van der Waals surface area contributed by atoms with Gasteiger partial charge in [0.2, 0.25) is 5.88 Å². The molecule has 1 saturated heterocycles. The zero-order valence-corrected chi connectivity index (χ0v) is 12.7. The molecule has 3 rings (SSSR count). The molecule has 6 heteroatoms. The second kappa shape index (κ2) is 6.70. The summed E-state index contributed by atoms with van der Waals surface area (Å²) in [6.45, 7) is 0. The van der Waals surface area contributed by atoms with Gasteiger partial charge in [0.15, 0.2) is 0 Å². The molecule has 0 spiro atoms. The van der Waals surface area contributed by atoms with Gasteiger partial charge in [-0.3, -0.25) is 4.79 Å². The lowest BCUT2D eigenvalue weighted by atomic mass is 10.2. The Morgan fingerprint density at radius 2 is 2.14 bits per heavy atom. The number of anilines is 1. The first kappa shape index (κ1) is 14.7. The van der Waals surface area contributed by atoms with Crippen LogP contribution in [0.4, 0.5) is 5.69 Å². The van der Waals surface area contributed by atoms with E-state index in [4.69, 9.17) is 4.74 Å². The molecule has 5 nitrogen and oxygen atoms in total. The summed E-state index contributed by atoms with van der Waals surface area (Å²) in [4.78, 5) is 16.4. The van der Waals surface area contributed by atoms with E-state index < -0.39 is 0 Å². The van der Waals surface area contributed by atoms with E-state index >= 15 is 0 Å². The number of hydrogen-bond donors (Lipinski definition) is 2. The van der Waals surface area contributed by atoms with Crippen molar-refractivity contribution in [1.29, 1.82) is 0 Å². The Morgan fingerprint density at radius 1 is 1.32 bits per heavy atom. The van der Waals surface area contributed by atoms with E-state index in [-0.39, 0.29) is 17.8 Å². The van der Waals surface area contributed by atoms with Crippen molar-refractivity contribution in [2.75, 3.05) is 16.8 Å². The summed E-state index contributed by atoms with van der Waals surface area (Å²) in [5, 5.41) is 12.0. The Hall–Kier alpha value is -2.21. The molecule has 22 heavy (non-hydrogen) atoms. The Balaban J connectivity index is 1.67. The molecule has 2 heterocycles. The summed E-state index contributed by atoms with van der Waals surface area (Å²) in [7, 11) is 0. The standard InChI is InChI=1S/C16H16N2O3S/c19-13-3-1-12(2-4-13)18-16(20)11-5-7-17-15(9-11)21-14-6-8-22-10-14/h1-5,7,9,14,19H,6,8,10H2,(H,18,20). The van der Waals surface area contributed by atoms with Crippen LogP contribution in [0, 0.1) is 0 Å². The number of thioether (sulfide) groups is 1. The van der Waals surface area contributed by atoms with E-state index in [1.807, 2.05) is 11.8 Å². The lowest BCUT2D eigenvalue weighted by Crippen LogP contribution is -2.17. The Morgan fingerprint density at radius 3 is 2.86 bits per heavy atom. The van der Waals surface area contributed by atoms with Crippen LogP contribution in [0.25, 0.3) is 0 Å². The fourth-order valence-corrected chi connectivity index (χ4v) is 3.23. The van der Waals surface area contributed by atoms with Gasteiger partial charge in [-0.15, -0.1) is 0 Å². The third kappa shape index (κ3) is 3.71. The number of ether oxygens (including phenoxy) is 1. The largest absolute Gasteiger partial charge is 0.508 e. The van der Waals surface area contributed by atoms with Crippen molar-refractivity contribution in [2.24, 2.45) is 0 Å². The SMILES string of the molecule is O=C(Nc1ccc(O)cc1)c1ccnc(OC2CCSC2)c1. The van der Waals surface area contributed by atoms with Gasteiger partial charge in [0.25, 0.3) is 5.91 Å². The lowest BCUT2D eigenvalue weighted by molar-refractivity contribution is 0.102. The molecule has 1 atom stereocenters. The minimum absolute atomic E-state index is 0.159. The topological polar surface area (TPSA) is 71.5 Å². The van der Waals surface area contributed by atoms with E-state index in [1.165, 1.54) is 12.1 Å². The first-order valence-electron chi connectivity index (χ1n) is 7.01. The highest BCUT2D eigenvalue weighted by Crippen LogP contribution is 2.22. The second-order valence-corrected chi connectivity index (χ2v) is 6.14. The molecular formula is C16H16N2O3S. The summed E-state index contributed by atoms with van der Waals surface area (Å²) in [6.07, 6.45) is 2.76. The van der Waals surface area contributed by atoms with Gasteiger partial charge in [0, 0.05) is 29.3 Å². The maximum absolute atomic E-state index is 12.2. The predicted octanol–water partition coefficient (Wildman–Crippen LogP) is 2.92. The number of phenols is 1. The summed E-state index contributed by atoms with van der Waals surface area (Å²) in [5.74, 6) is 2.47. The van der Waals surface area contributed by atoms with Crippen molar-refractivity contribution in [3.05, 3.63) is 48.2 Å². The molecule has 0 saturated carbocycles. The number of hydrogen-bond acceptors (Lipinski definition) is 5. The van der Waals surface area contributed by atoms with Crippen molar-refractivity contribution in [3.8, 4) is 11.6 Å². The highest BCUT2D eigenvalue weighted by Gasteiger charge is 2.18. The minimum atomic E-state index is -0.237. The molecule has 1 aromatic heterocycles. The lowest BCUT2D eigenvalue weighted by Gasteiger charge is -2.12. The Kier molecular flexibility index (Phi) is 4.48. The van der Waals surface area contributed by atoms with Gasteiger partial charge >= 0.3 is 0 Å². The van der Waals surface area contributed by atoms with E-state index in [2.05, 4.69) is 10.3 Å². The molecule has 0 bridgehead atoms. The fourth-order valence-electron chi connectivity index (χ4n) is 2.14. The van der Waals surface area contributed by atoms with Crippen LogP contribution in [0.1, 0.15) is 16.8 Å². The number of benzene rings is 1. The van der Waals surface area contributed by atoms with Gasteiger partial charge < -0.3 is 15.2 Å². The molecule has 2 aromatic rings. The number of aromatic hydroxyl groups is 1. The molecule has 1 fully saturated rings. The average Bonchev–Trinajstić information content (AvgIpc) is 3.03. The van der Waals surface area contributed by atoms with Gasteiger partial charge in [-0.25, -0.2) is 4.98 Å². The fraction of sp³-hybridized carbons (Fsp3) is 0.250. The molecule has 2 N–H and O–H groups in total. The molecule has 1 aromatic carbocycles. The Bertz CT molecular complexity index is 655. The summed E-state index contributed by atoms with van der Waals surface area (Å²) >= 11 is 1.86. The zero-order chi connectivity index (χ0) is 15.4. The minimum Gasteiger partial charge on any atom is -0.508 e. The quantitative estimate of drug-likeness (QED) is 0.849. The highest BCUT2D eigenvalue weighted by atomic mass is 32.2. The van der Waals surface area contributed by atoms with Crippen molar-refractivity contribution in [2.45, 2.75) is 12.5 Å². The Labute approximate surface area is 132 Å². The number of amides is 1. The molecule has 1 amide bonds. The van der Waals surface area contributed by atoms with Crippen LogP contribution in [-0.2, 0) is 0 Å². The van der Waals surface area contributed by atoms with Crippen molar-refractivity contribution >= 4 is 23.4 Å². The maximum Gasteiger partial charge on any atom is 0.255 e. The van der Waals surface area contributed by atoms with E-state index in [9.17, 15) is 9.90 Å².